The van der Waals surface area contributed by atoms with Gasteiger partial charge in [0.2, 0.25) is 0 Å². The van der Waals surface area contributed by atoms with Gasteiger partial charge in [-0.2, -0.15) is 35.4 Å². The van der Waals surface area contributed by atoms with Crippen molar-refractivity contribution in [3.8, 4) is 0 Å². The fourth-order valence-corrected chi connectivity index (χ4v) is 1.91. The Labute approximate surface area is 129 Å². The standard InChI is InChI=1S/2C9H13.Co/c2*1-3-8(2)9-6-4-5-7-9;/h2*4-8H,3H2,1-2H3;/q2*-1;+2. The summed E-state index contributed by atoms with van der Waals surface area (Å²) in [5, 5.41) is 0. The van der Waals surface area contributed by atoms with E-state index in [0.717, 1.165) is 11.8 Å². The van der Waals surface area contributed by atoms with E-state index in [-0.39, 0.29) is 16.8 Å². The summed E-state index contributed by atoms with van der Waals surface area (Å²) in [6.07, 6.45) is 2.48. The predicted octanol–water partition coefficient (Wildman–Crippen LogP) is 5.84. The molecule has 0 nitrogen and oxygen atoms in total. The van der Waals surface area contributed by atoms with Gasteiger partial charge >= 0.3 is 16.8 Å². The molecule has 0 fully saturated rings. The van der Waals surface area contributed by atoms with E-state index < -0.39 is 0 Å². The molecule has 1 radical (unpaired) electrons. The molecule has 0 aliphatic carbocycles. The van der Waals surface area contributed by atoms with Crippen molar-refractivity contribution in [2.75, 3.05) is 0 Å². The molecule has 19 heavy (non-hydrogen) atoms. The maximum absolute atomic E-state index is 2.26. The van der Waals surface area contributed by atoms with Gasteiger partial charge < -0.3 is 0 Å². The smallest absolute Gasteiger partial charge is 0.213 e. The average molecular weight is 301 g/mol. The molecule has 0 N–H and O–H groups in total. The van der Waals surface area contributed by atoms with Crippen molar-refractivity contribution in [2.45, 2.75) is 52.4 Å². The van der Waals surface area contributed by atoms with Crippen LogP contribution in [-0.4, -0.2) is 0 Å². The molecule has 2 aromatic carbocycles. The van der Waals surface area contributed by atoms with Crippen LogP contribution in [0.4, 0.5) is 0 Å². The zero-order chi connectivity index (χ0) is 13.4. The van der Waals surface area contributed by atoms with Gasteiger partial charge in [-0.05, 0) is 11.8 Å². The maximum atomic E-state index is 2.26. The van der Waals surface area contributed by atoms with E-state index in [1.54, 1.807) is 0 Å². The summed E-state index contributed by atoms with van der Waals surface area (Å²) in [5.41, 5.74) is 2.94. The molecule has 2 rings (SSSR count). The van der Waals surface area contributed by atoms with Crippen molar-refractivity contribution >= 4 is 0 Å². The van der Waals surface area contributed by atoms with E-state index in [4.69, 9.17) is 0 Å². The van der Waals surface area contributed by atoms with Crippen LogP contribution in [0.1, 0.15) is 63.5 Å². The van der Waals surface area contributed by atoms with Crippen molar-refractivity contribution in [1.82, 2.24) is 0 Å². The van der Waals surface area contributed by atoms with Crippen molar-refractivity contribution in [2.24, 2.45) is 0 Å². The first-order chi connectivity index (χ1) is 8.69. The number of hydrogen-bond acceptors (Lipinski definition) is 0. The zero-order valence-electron chi connectivity index (χ0n) is 12.5. The van der Waals surface area contributed by atoms with Gasteiger partial charge in [0.05, 0.1) is 0 Å². The molecule has 0 saturated carbocycles. The first kappa shape index (κ1) is 18.2. The van der Waals surface area contributed by atoms with Gasteiger partial charge in [-0.25, -0.2) is 24.3 Å². The van der Waals surface area contributed by atoms with E-state index in [9.17, 15) is 0 Å². The molecule has 0 aliphatic heterocycles. The Kier molecular flexibility index (Phi) is 9.63. The van der Waals surface area contributed by atoms with E-state index in [2.05, 4.69) is 76.2 Å². The number of rotatable bonds is 4. The molecule has 1 heteroatoms. The maximum Gasteiger partial charge on any atom is 2.00 e. The monoisotopic (exact) mass is 301 g/mol. The predicted molar refractivity (Wildman–Crippen MR) is 81.5 cm³/mol. The molecule has 0 bridgehead atoms. The summed E-state index contributed by atoms with van der Waals surface area (Å²) in [7, 11) is 0. The van der Waals surface area contributed by atoms with Crippen molar-refractivity contribution in [3.05, 3.63) is 59.7 Å². The van der Waals surface area contributed by atoms with Crippen LogP contribution in [0.5, 0.6) is 0 Å². The van der Waals surface area contributed by atoms with E-state index in [0.29, 0.717) is 0 Å². The Morgan fingerprint density at radius 3 is 1.42 bits per heavy atom. The summed E-state index contributed by atoms with van der Waals surface area (Å²) in [5.74, 6) is 1.47. The molecule has 107 valence electrons. The second-order valence-corrected chi connectivity index (χ2v) is 5.06. The van der Waals surface area contributed by atoms with Crippen molar-refractivity contribution in [3.63, 3.8) is 0 Å². The van der Waals surface area contributed by atoms with Gasteiger partial charge in [0.15, 0.2) is 0 Å². The van der Waals surface area contributed by atoms with Crippen LogP contribution >= 0.6 is 0 Å². The molecule has 2 aromatic rings. The SMILES string of the molecule is CCC(C)c1ccc[cH-]1.CCC(C)c1ccc[cH-]1.[Co+2]. The summed E-state index contributed by atoms with van der Waals surface area (Å²) in [6, 6.07) is 17.1. The van der Waals surface area contributed by atoms with Gasteiger partial charge in [-0.1, -0.05) is 40.5 Å². The van der Waals surface area contributed by atoms with Crippen molar-refractivity contribution in [1.29, 1.82) is 0 Å². The summed E-state index contributed by atoms with van der Waals surface area (Å²) >= 11 is 0. The van der Waals surface area contributed by atoms with Gasteiger partial charge in [-0.15, -0.1) is 0 Å². The number of hydrogen-bond donors (Lipinski definition) is 0. The molecular weight excluding hydrogens is 275 g/mol. The van der Waals surface area contributed by atoms with E-state index >= 15 is 0 Å². The fourth-order valence-electron chi connectivity index (χ4n) is 1.91. The van der Waals surface area contributed by atoms with Crippen LogP contribution in [0.15, 0.2) is 48.5 Å². The molecule has 0 amide bonds. The minimum Gasteiger partial charge on any atom is -0.213 e. The molecule has 0 spiro atoms. The van der Waals surface area contributed by atoms with Gasteiger partial charge in [0, 0.05) is 0 Å². The Morgan fingerprint density at radius 1 is 0.842 bits per heavy atom. The molecule has 2 unspecified atom stereocenters. The third-order valence-corrected chi connectivity index (χ3v) is 3.74. The topological polar surface area (TPSA) is 0 Å². The minimum atomic E-state index is 0. The van der Waals surface area contributed by atoms with Crippen LogP contribution in [0.3, 0.4) is 0 Å². The first-order valence-corrected chi connectivity index (χ1v) is 7.12. The molecule has 0 saturated heterocycles. The Hall–Kier alpha value is -0.794. The molecule has 2 atom stereocenters. The van der Waals surface area contributed by atoms with Crippen LogP contribution in [0, 0.1) is 0 Å². The van der Waals surface area contributed by atoms with Crippen LogP contribution in [0.25, 0.3) is 0 Å². The molecule has 0 aliphatic rings. The fraction of sp³-hybridized carbons (Fsp3) is 0.444. The molecular formula is C18H26Co. The summed E-state index contributed by atoms with van der Waals surface area (Å²) < 4.78 is 0. The second kappa shape index (κ2) is 10.0. The van der Waals surface area contributed by atoms with E-state index in [1.807, 2.05) is 0 Å². The molecule has 0 heterocycles. The minimum absolute atomic E-state index is 0. The normalized spacial score (nSPS) is 12.8. The average Bonchev–Trinajstić information content (AvgIpc) is 3.09. The van der Waals surface area contributed by atoms with Gasteiger partial charge in [0.25, 0.3) is 0 Å². The third-order valence-electron chi connectivity index (χ3n) is 3.74. The van der Waals surface area contributed by atoms with Crippen LogP contribution in [-0.2, 0) is 16.8 Å². The zero-order valence-corrected chi connectivity index (χ0v) is 13.6. The van der Waals surface area contributed by atoms with E-state index in [1.165, 1.54) is 24.0 Å². The van der Waals surface area contributed by atoms with Crippen LogP contribution < -0.4 is 0 Å². The second-order valence-electron chi connectivity index (χ2n) is 5.06. The van der Waals surface area contributed by atoms with Gasteiger partial charge in [-0.3, -0.25) is 0 Å². The quantitative estimate of drug-likeness (QED) is 0.623. The Morgan fingerprint density at radius 2 is 1.21 bits per heavy atom. The molecule has 0 aromatic heterocycles. The largest absolute Gasteiger partial charge is 2.00 e. The third kappa shape index (κ3) is 6.26. The van der Waals surface area contributed by atoms with Gasteiger partial charge in [0.1, 0.15) is 0 Å². The Balaban J connectivity index is 0.000000324. The first-order valence-electron chi connectivity index (χ1n) is 7.12. The van der Waals surface area contributed by atoms with Crippen LogP contribution in [0.2, 0.25) is 0 Å². The summed E-state index contributed by atoms with van der Waals surface area (Å²) in [6.45, 7) is 8.96. The van der Waals surface area contributed by atoms with Crippen molar-refractivity contribution < 1.29 is 16.8 Å². The summed E-state index contributed by atoms with van der Waals surface area (Å²) in [4.78, 5) is 0. The Bertz CT molecular complexity index is 343.